The third kappa shape index (κ3) is 3.69. The van der Waals surface area contributed by atoms with Gasteiger partial charge in [0.15, 0.2) is 0 Å². The average Bonchev–Trinajstić information content (AvgIpc) is 3.04. The first-order valence-corrected chi connectivity index (χ1v) is 9.88. The van der Waals surface area contributed by atoms with Gasteiger partial charge in [-0.3, -0.25) is 9.59 Å². The molecule has 2 amide bonds. The number of aryl methyl sites for hydroxylation is 1. The van der Waals surface area contributed by atoms with Gasteiger partial charge < -0.3 is 14.8 Å². The standard InChI is InChI=1S/C25H21FN2O4/c1-15-6-4-5-7-19(15)27-23-22(16-8-10-17(26)11-9-16)24(29)28(25(23)30)20-14-18(31-2)12-13-21(20)32-3/h4-14,27H,1-3H3. The number of hydrogen-bond acceptors (Lipinski definition) is 5. The van der Waals surface area contributed by atoms with E-state index in [1.165, 1.54) is 38.5 Å². The van der Waals surface area contributed by atoms with Crippen LogP contribution in [0.2, 0.25) is 0 Å². The van der Waals surface area contributed by atoms with Crippen LogP contribution < -0.4 is 19.7 Å². The molecule has 1 aliphatic heterocycles. The minimum atomic E-state index is -0.552. The molecule has 3 aromatic carbocycles. The summed E-state index contributed by atoms with van der Waals surface area (Å²) in [4.78, 5) is 28.2. The zero-order valence-electron chi connectivity index (χ0n) is 17.8. The maximum atomic E-state index is 13.6. The summed E-state index contributed by atoms with van der Waals surface area (Å²) in [7, 11) is 2.95. The number of imide groups is 1. The molecular weight excluding hydrogens is 411 g/mol. The van der Waals surface area contributed by atoms with Gasteiger partial charge in [0, 0.05) is 11.8 Å². The van der Waals surface area contributed by atoms with Crippen molar-refractivity contribution in [2.45, 2.75) is 6.92 Å². The van der Waals surface area contributed by atoms with Crippen molar-refractivity contribution in [3.63, 3.8) is 0 Å². The predicted molar refractivity (Wildman–Crippen MR) is 120 cm³/mol. The lowest BCUT2D eigenvalue weighted by Crippen LogP contribution is -2.32. The lowest BCUT2D eigenvalue weighted by atomic mass is 10.0. The van der Waals surface area contributed by atoms with Crippen LogP contribution in [0.4, 0.5) is 15.8 Å². The van der Waals surface area contributed by atoms with Crippen LogP contribution in [0.3, 0.4) is 0 Å². The second-order valence-corrected chi connectivity index (χ2v) is 7.18. The quantitative estimate of drug-likeness (QED) is 0.579. The van der Waals surface area contributed by atoms with Crippen molar-refractivity contribution in [3.05, 3.63) is 89.4 Å². The van der Waals surface area contributed by atoms with Gasteiger partial charge in [0.1, 0.15) is 23.0 Å². The normalized spacial score (nSPS) is 13.6. The number of anilines is 2. The second kappa shape index (κ2) is 8.55. The molecule has 4 rings (SSSR count). The van der Waals surface area contributed by atoms with Crippen molar-refractivity contribution >= 4 is 28.8 Å². The molecule has 6 nitrogen and oxygen atoms in total. The van der Waals surface area contributed by atoms with Crippen molar-refractivity contribution in [1.29, 1.82) is 0 Å². The highest BCUT2D eigenvalue weighted by molar-refractivity contribution is 6.46. The SMILES string of the molecule is COc1ccc(OC)c(N2C(=O)C(Nc3ccccc3C)=C(c3ccc(F)cc3)C2=O)c1. The highest BCUT2D eigenvalue weighted by atomic mass is 19.1. The van der Waals surface area contributed by atoms with E-state index in [-0.39, 0.29) is 17.0 Å². The Morgan fingerprint density at radius 2 is 1.59 bits per heavy atom. The molecule has 0 saturated carbocycles. The van der Waals surface area contributed by atoms with E-state index in [9.17, 15) is 14.0 Å². The third-order valence-electron chi connectivity index (χ3n) is 5.25. The fourth-order valence-corrected chi connectivity index (χ4v) is 3.57. The van der Waals surface area contributed by atoms with E-state index in [4.69, 9.17) is 9.47 Å². The minimum absolute atomic E-state index is 0.0979. The number of nitrogens with one attached hydrogen (secondary N) is 1. The number of hydrogen-bond donors (Lipinski definition) is 1. The Kier molecular flexibility index (Phi) is 5.64. The van der Waals surface area contributed by atoms with Gasteiger partial charge in [-0.2, -0.15) is 0 Å². The predicted octanol–water partition coefficient (Wildman–Crippen LogP) is 4.55. The number of benzene rings is 3. The van der Waals surface area contributed by atoms with Crippen LogP contribution in [0.15, 0.2) is 72.4 Å². The Hall–Kier alpha value is -4.13. The summed E-state index contributed by atoms with van der Waals surface area (Å²) >= 11 is 0. The second-order valence-electron chi connectivity index (χ2n) is 7.18. The monoisotopic (exact) mass is 432 g/mol. The van der Waals surface area contributed by atoms with E-state index in [0.717, 1.165) is 10.5 Å². The molecule has 7 heteroatoms. The summed E-state index contributed by atoms with van der Waals surface area (Å²) in [5.41, 5.74) is 2.50. The van der Waals surface area contributed by atoms with Crippen molar-refractivity contribution in [3.8, 4) is 11.5 Å². The number of rotatable bonds is 6. The molecule has 0 aromatic heterocycles. The molecule has 0 aliphatic carbocycles. The average molecular weight is 432 g/mol. The number of methoxy groups -OCH3 is 2. The van der Waals surface area contributed by atoms with Crippen LogP contribution >= 0.6 is 0 Å². The van der Waals surface area contributed by atoms with Gasteiger partial charge in [0.2, 0.25) is 0 Å². The van der Waals surface area contributed by atoms with Crippen LogP contribution in [0.1, 0.15) is 11.1 Å². The van der Waals surface area contributed by atoms with Crippen LogP contribution in [0, 0.1) is 12.7 Å². The minimum Gasteiger partial charge on any atom is -0.497 e. The van der Waals surface area contributed by atoms with E-state index >= 15 is 0 Å². The van der Waals surface area contributed by atoms with Crippen molar-refractivity contribution in [2.75, 3.05) is 24.4 Å². The largest absolute Gasteiger partial charge is 0.497 e. The first kappa shape index (κ1) is 21.1. The topological polar surface area (TPSA) is 67.9 Å². The fraction of sp³-hybridized carbons (Fsp3) is 0.120. The van der Waals surface area contributed by atoms with E-state index in [2.05, 4.69) is 5.32 Å². The van der Waals surface area contributed by atoms with Crippen LogP contribution in [-0.2, 0) is 9.59 Å². The molecule has 0 atom stereocenters. The molecule has 0 fully saturated rings. The molecule has 0 unspecified atom stereocenters. The molecular formula is C25H21FN2O4. The van der Waals surface area contributed by atoms with Gasteiger partial charge in [-0.15, -0.1) is 0 Å². The van der Waals surface area contributed by atoms with Crippen LogP contribution in [0.25, 0.3) is 5.57 Å². The zero-order chi connectivity index (χ0) is 22.8. The molecule has 0 spiro atoms. The number of carbonyl (C=O) groups is 2. The number of ether oxygens (including phenoxy) is 2. The first-order chi connectivity index (χ1) is 15.4. The first-order valence-electron chi connectivity index (χ1n) is 9.88. The van der Waals surface area contributed by atoms with E-state index in [1.54, 1.807) is 18.2 Å². The Labute approximate surface area is 184 Å². The summed E-state index contributed by atoms with van der Waals surface area (Å²) in [6, 6.07) is 17.7. The number of halogens is 1. The Balaban J connectivity index is 1.87. The maximum Gasteiger partial charge on any atom is 0.282 e. The molecule has 0 bridgehead atoms. The van der Waals surface area contributed by atoms with Gasteiger partial charge in [0.05, 0.1) is 25.5 Å². The third-order valence-corrected chi connectivity index (χ3v) is 5.25. The van der Waals surface area contributed by atoms with Crippen molar-refractivity contribution in [2.24, 2.45) is 0 Å². The molecule has 0 radical (unpaired) electrons. The molecule has 1 aliphatic rings. The smallest absolute Gasteiger partial charge is 0.282 e. The van der Waals surface area contributed by atoms with Crippen molar-refractivity contribution in [1.82, 2.24) is 0 Å². The summed E-state index contributed by atoms with van der Waals surface area (Å²) in [6.07, 6.45) is 0. The number of carbonyl (C=O) groups excluding carboxylic acids is 2. The van der Waals surface area contributed by atoms with E-state index < -0.39 is 17.6 Å². The van der Waals surface area contributed by atoms with Crippen molar-refractivity contribution < 1.29 is 23.5 Å². The highest BCUT2D eigenvalue weighted by Gasteiger charge is 2.41. The molecule has 32 heavy (non-hydrogen) atoms. The Morgan fingerprint density at radius 1 is 0.875 bits per heavy atom. The Morgan fingerprint density at radius 3 is 2.25 bits per heavy atom. The zero-order valence-corrected chi connectivity index (χ0v) is 17.8. The van der Waals surface area contributed by atoms with Gasteiger partial charge in [-0.25, -0.2) is 9.29 Å². The fourth-order valence-electron chi connectivity index (χ4n) is 3.57. The van der Waals surface area contributed by atoms with Gasteiger partial charge in [-0.1, -0.05) is 30.3 Å². The van der Waals surface area contributed by atoms with Gasteiger partial charge >= 0.3 is 0 Å². The summed E-state index contributed by atoms with van der Waals surface area (Å²) in [6.45, 7) is 1.89. The number of amides is 2. The van der Waals surface area contributed by atoms with Crippen LogP contribution in [-0.4, -0.2) is 26.0 Å². The summed E-state index contributed by atoms with van der Waals surface area (Å²) in [5.74, 6) is -0.743. The van der Waals surface area contributed by atoms with E-state index in [1.807, 2.05) is 31.2 Å². The summed E-state index contributed by atoms with van der Waals surface area (Å²) in [5, 5.41) is 3.12. The van der Waals surface area contributed by atoms with E-state index in [0.29, 0.717) is 22.7 Å². The highest BCUT2D eigenvalue weighted by Crippen LogP contribution is 2.39. The Bertz CT molecular complexity index is 1230. The number of para-hydroxylation sites is 1. The molecule has 3 aromatic rings. The van der Waals surface area contributed by atoms with Crippen LogP contribution in [0.5, 0.6) is 11.5 Å². The lowest BCUT2D eigenvalue weighted by Gasteiger charge is -2.19. The molecule has 162 valence electrons. The molecule has 1 heterocycles. The van der Waals surface area contributed by atoms with Gasteiger partial charge in [0.25, 0.3) is 11.8 Å². The molecule has 1 N–H and O–H groups in total. The summed E-state index contributed by atoms with van der Waals surface area (Å²) < 4.78 is 24.2. The molecule has 0 saturated heterocycles. The van der Waals surface area contributed by atoms with Gasteiger partial charge in [-0.05, 0) is 48.4 Å². The number of nitrogens with zero attached hydrogens (tertiary/aromatic N) is 1. The maximum absolute atomic E-state index is 13.6. The lowest BCUT2D eigenvalue weighted by molar-refractivity contribution is -0.120.